The second-order valence-corrected chi connectivity index (χ2v) is 4.03. The monoisotopic (exact) mass is 266 g/mol. The summed E-state index contributed by atoms with van der Waals surface area (Å²) >= 11 is 0. The molecule has 0 radical (unpaired) electrons. The van der Waals surface area contributed by atoms with E-state index < -0.39 is 17.5 Å². The predicted octanol–water partition coefficient (Wildman–Crippen LogP) is 1.41. The number of aromatic nitrogens is 2. The van der Waals surface area contributed by atoms with Gasteiger partial charge < -0.3 is 11.1 Å². The predicted molar refractivity (Wildman–Crippen MR) is 65.4 cm³/mol. The molecule has 0 aliphatic rings. The Hall–Kier alpha value is -2.44. The Morgan fingerprint density at radius 3 is 2.47 bits per heavy atom. The van der Waals surface area contributed by atoms with Gasteiger partial charge in [-0.15, -0.1) is 0 Å². The molecule has 1 aromatic heterocycles. The number of nitrogens with one attached hydrogen (secondary N) is 1. The molecular formula is C12H12F2N4O. The lowest BCUT2D eigenvalue weighted by atomic mass is 10.2. The number of nitrogens with two attached hydrogens (primary N) is 1. The third-order valence-electron chi connectivity index (χ3n) is 2.53. The SMILES string of the molecule is Cn1nc(NCc2cc(F)cc(F)c2)cc1C(N)=O. The molecule has 2 rings (SSSR count). The highest BCUT2D eigenvalue weighted by Gasteiger charge is 2.09. The number of carbonyl (C=O) groups excluding carboxylic acids is 1. The number of amides is 1. The van der Waals surface area contributed by atoms with Gasteiger partial charge in [-0.05, 0) is 17.7 Å². The molecule has 0 spiro atoms. The number of rotatable bonds is 4. The van der Waals surface area contributed by atoms with E-state index in [0.717, 1.165) is 6.07 Å². The van der Waals surface area contributed by atoms with Crippen LogP contribution >= 0.6 is 0 Å². The van der Waals surface area contributed by atoms with Crippen LogP contribution in [0.25, 0.3) is 0 Å². The quantitative estimate of drug-likeness (QED) is 0.878. The van der Waals surface area contributed by atoms with Gasteiger partial charge in [-0.2, -0.15) is 5.10 Å². The maximum absolute atomic E-state index is 13.0. The molecule has 19 heavy (non-hydrogen) atoms. The average Bonchev–Trinajstić information content (AvgIpc) is 2.67. The van der Waals surface area contributed by atoms with Gasteiger partial charge in [0.1, 0.15) is 23.1 Å². The molecule has 0 saturated heterocycles. The van der Waals surface area contributed by atoms with Crippen LogP contribution in [0.1, 0.15) is 16.1 Å². The number of hydrogen-bond donors (Lipinski definition) is 2. The number of carbonyl (C=O) groups is 1. The van der Waals surface area contributed by atoms with Crippen LogP contribution in [0.3, 0.4) is 0 Å². The summed E-state index contributed by atoms with van der Waals surface area (Å²) in [5, 5.41) is 6.87. The van der Waals surface area contributed by atoms with Crippen LogP contribution in [0.15, 0.2) is 24.3 Å². The molecule has 0 bridgehead atoms. The van der Waals surface area contributed by atoms with Gasteiger partial charge in [-0.1, -0.05) is 0 Å². The smallest absolute Gasteiger partial charge is 0.267 e. The van der Waals surface area contributed by atoms with Crippen LogP contribution in [-0.2, 0) is 13.6 Å². The maximum atomic E-state index is 13.0. The van der Waals surface area contributed by atoms with Crippen molar-refractivity contribution < 1.29 is 13.6 Å². The second-order valence-electron chi connectivity index (χ2n) is 4.03. The number of anilines is 1. The summed E-state index contributed by atoms with van der Waals surface area (Å²) in [6.45, 7) is 0.184. The van der Waals surface area contributed by atoms with Gasteiger partial charge in [0, 0.05) is 25.7 Å². The molecular weight excluding hydrogens is 254 g/mol. The first kappa shape index (κ1) is 13.0. The molecule has 0 atom stereocenters. The summed E-state index contributed by atoms with van der Waals surface area (Å²) in [5.41, 5.74) is 5.83. The lowest BCUT2D eigenvalue weighted by Gasteiger charge is -2.03. The topological polar surface area (TPSA) is 72.9 Å². The molecule has 1 heterocycles. The first-order valence-electron chi connectivity index (χ1n) is 5.48. The van der Waals surface area contributed by atoms with Crippen molar-refractivity contribution in [2.45, 2.75) is 6.54 Å². The van der Waals surface area contributed by atoms with Crippen LogP contribution in [-0.4, -0.2) is 15.7 Å². The Balaban J connectivity index is 2.10. The maximum Gasteiger partial charge on any atom is 0.267 e. The van der Waals surface area contributed by atoms with Crippen molar-refractivity contribution in [2.75, 3.05) is 5.32 Å². The normalized spacial score (nSPS) is 10.5. The Labute approximate surface area is 108 Å². The number of halogens is 2. The summed E-state index contributed by atoms with van der Waals surface area (Å²) in [4.78, 5) is 11.0. The molecule has 0 aliphatic heterocycles. The van der Waals surface area contributed by atoms with E-state index >= 15 is 0 Å². The van der Waals surface area contributed by atoms with Crippen molar-refractivity contribution in [1.29, 1.82) is 0 Å². The minimum Gasteiger partial charge on any atom is -0.364 e. The van der Waals surface area contributed by atoms with E-state index in [9.17, 15) is 13.6 Å². The Morgan fingerprint density at radius 2 is 1.95 bits per heavy atom. The van der Waals surface area contributed by atoms with Crippen molar-refractivity contribution in [3.05, 3.63) is 47.2 Å². The molecule has 1 aromatic carbocycles. The van der Waals surface area contributed by atoms with Crippen molar-refractivity contribution in [2.24, 2.45) is 12.8 Å². The standard InChI is InChI=1S/C12H12F2N4O/c1-18-10(12(15)19)5-11(17-18)16-6-7-2-8(13)4-9(14)3-7/h2-5H,6H2,1H3,(H2,15,19)(H,16,17). The second kappa shape index (κ2) is 5.05. The Morgan fingerprint density at radius 1 is 1.32 bits per heavy atom. The van der Waals surface area contributed by atoms with E-state index in [0.29, 0.717) is 11.4 Å². The Bertz CT molecular complexity index is 604. The number of benzene rings is 1. The molecule has 0 aliphatic carbocycles. The van der Waals surface area contributed by atoms with Crippen molar-refractivity contribution >= 4 is 11.7 Å². The number of hydrogen-bond acceptors (Lipinski definition) is 3. The van der Waals surface area contributed by atoms with Gasteiger partial charge in [0.25, 0.3) is 5.91 Å². The zero-order valence-electron chi connectivity index (χ0n) is 10.2. The van der Waals surface area contributed by atoms with E-state index in [1.165, 1.54) is 22.9 Å². The molecule has 2 aromatic rings. The lowest BCUT2D eigenvalue weighted by molar-refractivity contribution is 0.0991. The van der Waals surface area contributed by atoms with Crippen LogP contribution in [0, 0.1) is 11.6 Å². The first-order valence-corrected chi connectivity index (χ1v) is 5.48. The van der Waals surface area contributed by atoms with E-state index in [1.54, 1.807) is 7.05 Å². The molecule has 0 unspecified atom stereocenters. The van der Waals surface area contributed by atoms with Gasteiger partial charge in [0.2, 0.25) is 0 Å². The third kappa shape index (κ3) is 3.06. The third-order valence-corrected chi connectivity index (χ3v) is 2.53. The van der Waals surface area contributed by atoms with Gasteiger partial charge in [0.15, 0.2) is 0 Å². The molecule has 7 heteroatoms. The number of nitrogens with zero attached hydrogens (tertiary/aromatic N) is 2. The fourth-order valence-electron chi connectivity index (χ4n) is 1.69. The van der Waals surface area contributed by atoms with Crippen molar-refractivity contribution in [3.8, 4) is 0 Å². The molecule has 5 nitrogen and oxygen atoms in total. The van der Waals surface area contributed by atoms with E-state index in [4.69, 9.17) is 5.73 Å². The fourth-order valence-corrected chi connectivity index (χ4v) is 1.69. The number of primary amides is 1. The van der Waals surface area contributed by atoms with E-state index in [-0.39, 0.29) is 12.2 Å². The van der Waals surface area contributed by atoms with Crippen molar-refractivity contribution in [3.63, 3.8) is 0 Å². The summed E-state index contributed by atoms with van der Waals surface area (Å²) < 4.78 is 27.3. The molecule has 0 fully saturated rings. The van der Waals surface area contributed by atoms with Gasteiger partial charge >= 0.3 is 0 Å². The molecule has 3 N–H and O–H groups in total. The summed E-state index contributed by atoms with van der Waals surface area (Å²) in [6, 6.07) is 4.70. The molecule has 0 saturated carbocycles. The lowest BCUT2D eigenvalue weighted by Crippen LogP contribution is -2.15. The first-order chi connectivity index (χ1) is 8.95. The van der Waals surface area contributed by atoms with Crippen LogP contribution < -0.4 is 11.1 Å². The highest BCUT2D eigenvalue weighted by atomic mass is 19.1. The van der Waals surface area contributed by atoms with E-state index in [2.05, 4.69) is 10.4 Å². The fraction of sp³-hybridized carbons (Fsp3) is 0.167. The zero-order valence-corrected chi connectivity index (χ0v) is 10.2. The zero-order chi connectivity index (χ0) is 14.0. The summed E-state index contributed by atoms with van der Waals surface area (Å²) in [5.74, 6) is -1.48. The summed E-state index contributed by atoms with van der Waals surface area (Å²) in [6.07, 6.45) is 0. The van der Waals surface area contributed by atoms with Gasteiger partial charge in [-0.3, -0.25) is 9.48 Å². The molecule has 100 valence electrons. The highest BCUT2D eigenvalue weighted by Crippen LogP contribution is 2.12. The largest absolute Gasteiger partial charge is 0.364 e. The Kier molecular flexibility index (Phi) is 3.46. The van der Waals surface area contributed by atoms with Crippen LogP contribution in [0.2, 0.25) is 0 Å². The molecule has 1 amide bonds. The average molecular weight is 266 g/mol. The van der Waals surface area contributed by atoms with Gasteiger partial charge in [0.05, 0.1) is 0 Å². The van der Waals surface area contributed by atoms with Crippen LogP contribution in [0.5, 0.6) is 0 Å². The van der Waals surface area contributed by atoms with E-state index in [1.807, 2.05) is 0 Å². The highest BCUT2D eigenvalue weighted by molar-refractivity contribution is 5.91. The minimum absolute atomic E-state index is 0.184. The van der Waals surface area contributed by atoms with Crippen molar-refractivity contribution in [1.82, 2.24) is 9.78 Å². The van der Waals surface area contributed by atoms with Gasteiger partial charge in [-0.25, -0.2) is 8.78 Å². The summed E-state index contributed by atoms with van der Waals surface area (Å²) in [7, 11) is 1.58. The number of aryl methyl sites for hydroxylation is 1. The van der Waals surface area contributed by atoms with Crippen LogP contribution in [0.4, 0.5) is 14.6 Å². The minimum atomic E-state index is -0.643.